The van der Waals surface area contributed by atoms with Gasteiger partial charge in [0, 0.05) is 37.6 Å². The average Bonchev–Trinajstić information content (AvgIpc) is 2.67. The summed E-state index contributed by atoms with van der Waals surface area (Å²) in [5, 5.41) is 0. The largest absolute Gasteiger partial charge is 0.339 e. The number of carbonyl (C=O) groups excluding carboxylic acids is 1. The Bertz CT molecular complexity index is 814. The van der Waals surface area contributed by atoms with Crippen molar-refractivity contribution in [2.24, 2.45) is 0 Å². The van der Waals surface area contributed by atoms with Gasteiger partial charge in [-0.3, -0.25) is 9.78 Å². The first kappa shape index (κ1) is 17.6. The molecule has 0 bridgehead atoms. The second-order valence-corrected chi connectivity index (χ2v) is 7.82. The summed E-state index contributed by atoms with van der Waals surface area (Å²) in [6.45, 7) is 1.73. The number of carbonyl (C=O) groups is 1. The number of hydrogen-bond acceptors (Lipinski definition) is 4. The molecule has 6 nitrogen and oxygen atoms in total. The number of aromatic nitrogens is 1. The van der Waals surface area contributed by atoms with Crippen molar-refractivity contribution in [1.29, 1.82) is 0 Å². The minimum absolute atomic E-state index is 0.0339. The zero-order valence-corrected chi connectivity index (χ0v) is 14.7. The number of hydrogen-bond donors (Lipinski definition) is 1. The molecule has 0 saturated carbocycles. The highest BCUT2D eigenvalue weighted by Gasteiger charge is 2.19. The fourth-order valence-electron chi connectivity index (χ4n) is 2.82. The minimum atomic E-state index is -3.62. The van der Waals surface area contributed by atoms with Crippen LogP contribution in [0.4, 0.5) is 0 Å². The SMILES string of the molecule is O=C(c1ccc(S(=O)(=O)NCc2ccncc2)cc1)N1CCCCC1. The second kappa shape index (κ2) is 7.76. The number of pyridine rings is 1. The van der Waals surface area contributed by atoms with Gasteiger partial charge in [-0.1, -0.05) is 0 Å². The number of nitrogens with one attached hydrogen (secondary N) is 1. The molecule has 3 rings (SSSR count). The first-order chi connectivity index (χ1) is 12.1. The summed E-state index contributed by atoms with van der Waals surface area (Å²) in [5.74, 6) is -0.0339. The summed E-state index contributed by atoms with van der Waals surface area (Å²) in [6.07, 6.45) is 6.44. The summed E-state index contributed by atoms with van der Waals surface area (Å²) in [5.41, 5.74) is 1.35. The number of piperidine rings is 1. The van der Waals surface area contributed by atoms with Gasteiger partial charge in [-0.05, 0) is 61.2 Å². The Morgan fingerprint density at radius 1 is 1.00 bits per heavy atom. The highest BCUT2D eigenvalue weighted by Crippen LogP contribution is 2.16. The molecule has 1 aliphatic heterocycles. The zero-order valence-electron chi connectivity index (χ0n) is 13.9. The van der Waals surface area contributed by atoms with E-state index in [4.69, 9.17) is 0 Å². The smallest absolute Gasteiger partial charge is 0.253 e. The van der Waals surface area contributed by atoms with E-state index in [1.165, 1.54) is 12.1 Å². The molecule has 1 fully saturated rings. The maximum Gasteiger partial charge on any atom is 0.253 e. The van der Waals surface area contributed by atoms with E-state index >= 15 is 0 Å². The second-order valence-electron chi connectivity index (χ2n) is 6.06. The van der Waals surface area contributed by atoms with E-state index in [2.05, 4.69) is 9.71 Å². The molecule has 0 spiro atoms. The summed E-state index contributed by atoms with van der Waals surface area (Å²) < 4.78 is 27.3. The number of likely N-dealkylation sites (tertiary alicyclic amines) is 1. The van der Waals surface area contributed by atoms with Gasteiger partial charge in [0.05, 0.1) is 4.90 Å². The molecule has 2 heterocycles. The van der Waals surface area contributed by atoms with Crippen molar-refractivity contribution in [3.8, 4) is 0 Å². The third kappa shape index (κ3) is 4.43. The molecule has 25 heavy (non-hydrogen) atoms. The van der Waals surface area contributed by atoms with Crippen LogP contribution in [0.1, 0.15) is 35.2 Å². The van der Waals surface area contributed by atoms with Crippen molar-refractivity contribution < 1.29 is 13.2 Å². The Morgan fingerprint density at radius 3 is 2.28 bits per heavy atom. The van der Waals surface area contributed by atoms with Crippen molar-refractivity contribution in [2.45, 2.75) is 30.7 Å². The van der Waals surface area contributed by atoms with E-state index in [1.54, 1.807) is 36.7 Å². The highest BCUT2D eigenvalue weighted by atomic mass is 32.2. The van der Waals surface area contributed by atoms with Crippen LogP contribution in [-0.4, -0.2) is 37.3 Å². The quantitative estimate of drug-likeness (QED) is 0.887. The molecule has 0 atom stereocenters. The fourth-order valence-corrected chi connectivity index (χ4v) is 3.84. The summed E-state index contributed by atoms with van der Waals surface area (Å²) in [6, 6.07) is 9.62. The molecule has 1 saturated heterocycles. The molecule has 1 amide bonds. The maximum atomic E-state index is 12.4. The first-order valence-electron chi connectivity index (χ1n) is 8.34. The lowest BCUT2D eigenvalue weighted by Crippen LogP contribution is -2.35. The van der Waals surface area contributed by atoms with Crippen LogP contribution < -0.4 is 4.72 Å². The maximum absolute atomic E-state index is 12.4. The number of sulfonamides is 1. The number of nitrogens with zero attached hydrogens (tertiary/aromatic N) is 2. The van der Waals surface area contributed by atoms with Crippen molar-refractivity contribution >= 4 is 15.9 Å². The molecule has 132 valence electrons. The highest BCUT2D eigenvalue weighted by molar-refractivity contribution is 7.89. The van der Waals surface area contributed by atoms with Crippen LogP contribution >= 0.6 is 0 Å². The van der Waals surface area contributed by atoms with Gasteiger partial charge in [-0.15, -0.1) is 0 Å². The normalized spacial score (nSPS) is 15.1. The number of benzene rings is 1. The molecule has 1 N–H and O–H groups in total. The standard InChI is InChI=1S/C18H21N3O3S/c22-18(21-12-2-1-3-13-21)16-4-6-17(7-5-16)25(23,24)20-14-15-8-10-19-11-9-15/h4-11,20H,1-3,12-14H2. The fraction of sp³-hybridized carbons (Fsp3) is 0.333. The van der Waals surface area contributed by atoms with E-state index in [9.17, 15) is 13.2 Å². The van der Waals surface area contributed by atoms with E-state index in [0.717, 1.165) is 37.9 Å². The van der Waals surface area contributed by atoms with Gasteiger partial charge >= 0.3 is 0 Å². The lowest BCUT2D eigenvalue weighted by molar-refractivity contribution is 0.0724. The average molecular weight is 359 g/mol. The lowest BCUT2D eigenvalue weighted by atomic mass is 10.1. The third-order valence-corrected chi connectivity index (χ3v) is 5.69. The topological polar surface area (TPSA) is 79.4 Å². The van der Waals surface area contributed by atoms with Gasteiger partial charge in [0.15, 0.2) is 0 Å². The number of rotatable bonds is 5. The van der Waals surface area contributed by atoms with Crippen LogP contribution in [-0.2, 0) is 16.6 Å². The first-order valence-corrected chi connectivity index (χ1v) is 9.82. The molecule has 1 aromatic carbocycles. The zero-order chi connectivity index (χ0) is 17.7. The Labute approximate surface area is 147 Å². The Balaban J connectivity index is 1.67. The van der Waals surface area contributed by atoms with Crippen LogP contribution in [0.5, 0.6) is 0 Å². The van der Waals surface area contributed by atoms with Crippen molar-refractivity contribution in [2.75, 3.05) is 13.1 Å². The van der Waals surface area contributed by atoms with Crippen LogP contribution in [0.15, 0.2) is 53.7 Å². The summed E-state index contributed by atoms with van der Waals surface area (Å²) in [7, 11) is -3.62. The van der Waals surface area contributed by atoms with Gasteiger partial charge in [-0.25, -0.2) is 13.1 Å². The van der Waals surface area contributed by atoms with E-state index in [1.807, 2.05) is 4.90 Å². The Kier molecular flexibility index (Phi) is 5.45. The monoisotopic (exact) mass is 359 g/mol. The molecule has 1 aromatic heterocycles. The molecular formula is C18H21N3O3S. The Morgan fingerprint density at radius 2 is 1.64 bits per heavy atom. The van der Waals surface area contributed by atoms with Crippen LogP contribution in [0.25, 0.3) is 0 Å². The van der Waals surface area contributed by atoms with E-state index in [-0.39, 0.29) is 17.3 Å². The van der Waals surface area contributed by atoms with Gasteiger partial charge in [0.1, 0.15) is 0 Å². The predicted octanol–water partition coefficient (Wildman–Crippen LogP) is 2.19. The molecule has 0 unspecified atom stereocenters. The van der Waals surface area contributed by atoms with Gasteiger partial charge < -0.3 is 4.90 Å². The molecule has 2 aromatic rings. The van der Waals surface area contributed by atoms with Crippen molar-refractivity contribution in [1.82, 2.24) is 14.6 Å². The molecule has 0 aliphatic carbocycles. The van der Waals surface area contributed by atoms with E-state index < -0.39 is 10.0 Å². The van der Waals surface area contributed by atoms with Gasteiger partial charge in [-0.2, -0.15) is 0 Å². The predicted molar refractivity (Wildman–Crippen MR) is 94.5 cm³/mol. The summed E-state index contributed by atoms with van der Waals surface area (Å²) >= 11 is 0. The van der Waals surface area contributed by atoms with Crippen molar-refractivity contribution in [3.63, 3.8) is 0 Å². The minimum Gasteiger partial charge on any atom is -0.339 e. The Hall–Kier alpha value is -2.25. The van der Waals surface area contributed by atoms with Gasteiger partial charge in [0.25, 0.3) is 5.91 Å². The third-order valence-electron chi connectivity index (χ3n) is 4.27. The van der Waals surface area contributed by atoms with E-state index in [0.29, 0.717) is 5.56 Å². The molecular weight excluding hydrogens is 338 g/mol. The van der Waals surface area contributed by atoms with Gasteiger partial charge in [0.2, 0.25) is 10.0 Å². The molecule has 7 heteroatoms. The van der Waals surface area contributed by atoms with Crippen LogP contribution in [0.2, 0.25) is 0 Å². The molecule has 1 aliphatic rings. The molecule has 0 radical (unpaired) electrons. The summed E-state index contributed by atoms with van der Waals surface area (Å²) in [4.78, 5) is 18.3. The van der Waals surface area contributed by atoms with Crippen molar-refractivity contribution in [3.05, 3.63) is 59.9 Å². The number of amides is 1. The van der Waals surface area contributed by atoms with Crippen LogP contribution in [0.3, 0.4) is 0 Å². The lowest BCUT2D eigenvalue weighted by Gasteiger charge is -2.26. The van der Waals surface area contributed by atoms with Crippen LogP contribution in [0, 0.1) is 0 Å².